The van der Waals surface area contributed by atoms with Gasteiger partial charge in [0.15, 0.2) is 5.65 Å². The van der Waals surface area contributed by atoms with Crippen molar-refractivity contribution in [2.24, 2.45) is 7.05 Å². The molecule has 232 valence electrons. The first-order chi connectivity index (χ1) is 22.2. The van der Waals surface area contributed by atoms with Gasteiger partial charge in [-0.1, -0.05) is 42.5 Å². The van der Waals surface area contributed by atoms with Crippen molar-refractivity contribution in [2.75, 3.05) is 18.4 Å². The third-order valence-electron chi connectivity index (χ3n) is 8.39. The normalized spacial score (nSPS) is 14.1. The van der Waals surface area contributed by atoms with Crippen molar-refractivity contribution in [3.8, 4) is 27.9 Å². The molecule has 0 unspecified atom stereocenters. The minimum absolute atomic E-state index is 0.112. The van der Waals surface area contributed by atoms with Gasteiger partial charge < -0.3 is 10.6 Å². The van der Waals surface area contributed by atoms with Crippen molar-refractivity contribution < 1.29 is 13.2 Å². The number of hydrogen-bond donors (Lipinski definition) is 2. The van der Waals surface area contributed by atoms with E-state index in [2.05, 4.69) is 37.8 Å². The van der Waals surface area contributed by atoms with Crippen LogP contribution in [0.2, 0.25) is 0 Å². The van der Waals surface area contributed by atoms with E-state index < -0.39 is 17.3 Å². The van der Waals surface area contributed by atoms with Gasteiger partial charge in [0.25, 0.3) is 5.56 Å². The lowest BCUT2D eigenvalue weighted by Gasteiger charge is -2.23. The third-order valence-corrected chi connectivity index (χ3v) is 8.39. The lowest BCUT2D eigenvalue weighted by molar-refractivity contribution is -0.137. The van der Waals surface area contributed by atoms with Crippen LogP contribution in [0.1, 0.15) is 29.9 Å². The monoisotopic (exact) mass is 621 g/mol. The Bertz CT molecular complexity index is 2080. The van der Waals surface area contributed by atoms with E-state index in [0.29, 0.717) is 28.1 Å². The van der Waals surface area contributed by atoms with Gasteiger partial charge in [0.2, 0.25) is 5.95 Å². The summed E-state index contributed by atoms with van der Waals surface area (Å²) in [5.41, 5.74) is 1.79. The lowest BCUT2D eigenvalue weighted by Crippen LogP contribution is -2.26. The van der Waals surface area contributed by atoms with Gasteiger partial charge in [-0.05, 0) is 84.9 Å². The molecule has 2 N–H and O–H groups in total. The van der Waals surface area contributed by atoms with Crippen LogP contribution in [0.25, 0.3) is 39.0 Å². The Labute approximate surface area is 262 Å². The number of benzene rings is 3. The number of fused-ring (bicyclic) bond motifs is 1. The summed E-state index contributed by atoms with van der Waals surface area (Å²) >= 11 is 0. The van der Waals surface area contributed by atoms with Crippen LogP contribution >= 0.6 is 0 Å². The van der Waals surface area contributed by atoms with Gasteiger partial charge in [0.05, 0.1) is 17.4 Å². The number of halogens is 3. The quantitative estimate of drug-likeness (QED) is 0.207. The molecule has 0 aliphatic carbocycles. The molecular formula is C35H30F3N7O. The highest BCUT2D eigenvalue weighted by atomic mass is 19.4. The van der Waals surface area contributed by atoms with Crippen LogP contribution in [-0.2, 0) is 13.2 Å². The molecule has 6 aromatic rings. The number of nitrogens with one attached hydrogen (secondary N) is 2. The molecule has 7 rings (SSSR count). The molecule has 1 aliphatic heterocycles. The smallest absolute Gasteiger partial charge is 0.324 e. The van der Waals surface area contributed by atoms with Crippen LogP contribution in [0, 0.1) is 0 Å². The number of rotatable bonds is 6. The van der Waals surface area contributed by atoms with Crippen molar-refractivity contribution in [1.82, 2.24) is 29.6 Å². The van der Waals surface area contributed by atoms with Gasteiger partial charge in [-0.15, -0.1) is 0 Å². The number of anilines is 2. The fourth-order valence-electron chi connectivity index (χ4n) is 6.05. The van der Waals surface area contributed by atoms with Gasteiger partial charge in [0, 0.05) is 41.6 Å². The SMILES string of the molecule is Cn1cc(-c2ccc(-c3cc4cnc(Nc5ccc(C6CCNCC6)cc5)nc4n(-c4ccccc4)c3=O)c(C(F)(F)F)c2)cn1. The lowest BCUT2D eigenvalue weighted by atomic mass is 9.90. The van der Waals surface area contributed by atoms with Gasteiger partial charge in [-0.3, -0.25) is 14.0 Å². The Morgan fingerprint density at radius 1 is 0.891 bits per heavy atom. The number of alkyl halides is 3. The number of para-hydroxylation sites is 1. The molecular weight excluding hydrogens is 591 g/mol. The van der Waals surface area contributed by atoms with Crippen LogP contribution < -0.4 is 16.2 Å². The first kappa shape index (κ1) is 29.4. The number of hydrogen-bond acceptors (Lipinski definition) is 6. The summed E-state index contributed by atoms with van der Waals surface area (Å²) in [4.78, 5) is 23.3. The Balaban J connectivity index is 1.32. The molecule has 3 aromatic carbocycles. The first-order valence-electron chi connectivity index (χ1n) is 15.0. The molecule has 8 nitrogen and oxygen atoms in total. The second-order valence-electron chi connectivity index (χ2n) is 11.4. The molecule has 1 fully saturated rings. The van der Waals surface area contributed by atoms with E-state index in [-0.39, 0.29) is 22.7 Å². The zero-order chi connectivity index (χ0) is 31.8. The largest absolute Gasteiger partial charge is 0.417 e. The van der Waals surface area contributed by atoms with Crippen molar-refractivity contribution >= 4 is 22.7 Å². The average Bonchev–Trinajstić information content (AvgIpc) is 3.51. The van der Waals surface area contributed by atoms with E-state index in [1.165, 1.54) is 39.3 Å². The van der Waals surface area contributed by atoms with Gasteiger partial charge in [-0.25, -0.2) is 4.98 Å². The topological polar surface area (TPSA) is 89.7 Å². The van der Waals surface area contributed by atoms with E-state index in [1.54, 1.807) is 49.6 Å². The number of pyridine rings is 1. The van der Waals surface area contributed by atoms with Crippen LogP contribution in [0.4, 0.5) is 24.8 Å². The van der Waals surface area contributed by atoms with E-state index in [4.69, 9.17) is 0 Å². The van der Waals surface area contributed by atoms with E-state index in [1.807, 2.05) is 12.1 Å². The van der Waals surface area contributed by atoms with Crippen molar-refractivity contribution in [3.63, 3.8) is 0 Å². The molecule has 0 atom stereocenters. The van der Waals surface area contributed by atoms with Crippen LogP contribution in [0.3, 0.4) is 0 Å². The molecule has 0 saturated carbocycles. The Morgan fingerprint density at radius 3 is 2.35 bits per heavy atom. The first-order valence-corrected chi connectivity index (χ1v) is 15.0. The average molecular weight is 622 g/mol. The number of aryl methyl sites for hydroxylation is 1. The molecule has 0 amide bonds. The van der Waals surface area contributed by atoms with E-state index in [0.717, 1.165) is 37.7 Å². The minimum atomic E-state index is -4.72. The zero-order valence-electron chi connectivity index (χ0n) is 24.9. The van der Waals surface area contributed by atoms with Crippen molar-refractivity contribution in [1.29, 1.82) is 0 Å². The Hall–Kier alpha value is -5.29. The van der Waals surface area contributed by atoms with Gasteiger partial charge in [0.1, 0.15) is 0 Å². The summed E-state index contributed by atoms with van der Waals surface area (Å²) < 4.78 is 46.4. The number of piperidine rings is 1. The van der Waals surface area contributed by atoms with Crippen molar-refractivity contribution in [3.05, 3.63) is 119 Å². The summed E-state index contributed by atoms with van der Waals surface area (Å²) in [5, 5.41) is 11.1. The Kier molecular flexibility index (Phi) is 7.61. The molecule has 1 saturated heterocycles. The van der Waals surface area contributed by atoms with Crippen molar-refractivity contribution in [2.45, 2.75) is 24.9 Å². The van der Waals surface area contributed by atoms with Gasteiger partial charge >= 0.3 is 6.18 Å². The zero-order valence-corrected chi connectivity index (χ0v) is 24.9. The molecule has 1 aliphatic rings. The molecule has 3 aromatic heterocycles. The maximum atomic E-state index is 14.5. The summed E-state index contributed by atoms with van der Waals surface area (Å²) in [6.45, 7) is 2.02. The maximum absolute atomic E-state index is 14.5. The molecule has 0 bridgehead atoms. The predicted molar refractivity (Wildman–Crippen MR) is 172 cm³/mol. The van der Waals surface area contributed by atoms with Gasteiger partial charge in [-0.2, -0.15) is 23.3 Å². The van der Waals surface area contributed by atoms with Crippen LogP contribution in [0.15, 0.2) is 102 Å². The van der Waals surface area contributed by atoms with E-state index >= 15 is 0 Å². The second-order valence-corrected chi connectivity index (χ2v) is 11.4. The highest BCUT2D eigenvalue weighted by molar-refractivity contribution is 5.85. The number of nitrogens with zero attached hydrogens (tertiary/aromatic N) is 5. The minimum Gasteiger partial charge on any atom is -0.324 e. The summed E-state index contributed by atoms with van der Waals surface area (Å²) in [6, 6.07) is 22.3. The fourth-order valence-corrected chi connectivity index (χ4v) is 6.05. The highest BCUT2D eigenvalue weighted by Gasteiger charge is 2.35. The summed E-state index contributed by atoms with van der Waals surface area (Å²) in [6.07, 6.45) is 2.13. The molecule has 4 heterocycles. The highest BCUT2D eigenvalue weighted by Crippen LogP contribution is 2.39. The maximum Gasteiger partial charge on any atom is 0.417 e. The molecule has 11 heteroatoms. The summed E-state index contributed by atoms with van der Waals surface area (Å²) in [7, 11) is 1.69. The standard InChI is InChI=1S/C35H30F3N7O/c1-44-21-26(20-41-44)24-9-12-29(31(18-24)35(36,37)38)30-17-25-19-40-34(43-32(25)45(33(30)46)28-5-3-2-4-6-28)42-27-10-7-22(8-11-27)23-13-15-39-16-14-23/h2-12,17-21,23,39H,13-16H2,1H3,(H,40,42,43). The predicted octanol–water partition coefficient (Wildman–Crippen LogP) is 7.08. The Morgan fingerprint density at radius 2 is 1.65 bits per heavy atom. The fraction of sp³-hybridized carbons (Fsp3) is 0.200. The van der Waals surface area contributed by atoms with Crippen LogP contribution in [0.5, 0.6) is 0 Å². The van der Waals surface area contributed by atoms with E-state index in [9.17, 15) is 18.0 Å². The number of aromatic nitrogens is 5. The second kappa shape index (κ2) is 11.9. The molecule has 0 spiro atoms. The molecule has 0 radical (unpaired) electrons. The van der Waals surface area contributed by atoms with Crippen LogP contribution in [-0.4, -0.2) is 37.4 Å². The molecule has 46 heavy (non-hydrogen) atoms. The third kappa shape index (κ3) is 5.77. The summed E-state index contributed by atoms with van der Waals surface area (Å²) in [5.74, 6) is 0.780.